The Morgan fingerprint density at radius 3 is 2.83 bits per heavy atom. The number of hydrogen-bond acceptors (Lipinski definition) is 3. The molecule has 2 heterocycles. The monoisotopic (exact) mass is 326 g/mol. The molecule has 1 aromatic heterocycles. The quantitative estimate of drug-likeness (QED) is 0.831. The molecule has 1 aliphatic rings. The van der Waals surface area contributed by atoms with Crippen LogP contribution in [0.4, 0.5) is 0 Å². The molecule has 0 aliphatic carbocycles. The van der Waals surface area contributed by atoms with Gasteiger partial charge in [0.2, 0.25) is 0 Å². The number of aromatic nitrogens is 2. The normalized spacial score (nSPS) is 18.5. The van der Waals surface area contributed by atoms with E-state index < -0.39 is 0 Å². The van der Waals surface area contributed by atoms with Gasteiger partial charge in [-0.15, -0.1) is 0 Å². The minimum absolute atomic E-state index is 0.00583. The van der Waals surface area contributed by atoms with E-state index in [1.165, 1.54) is 25.8 Å². The number of hydrogen-bond donors (Lipinski definition) is 1. The fraction of sp³-hybridized carbons (Fsp3) is 0.474. The lowest BCUT2D eigenvalue weighted by molar-refractivity contribution is 0.0949. The molecular formula is C19H26N4O. The van der Waals surface area contributed by atoms with Gasteiger partial charge >= 0.3 is 0 Å². The third-order valence-corrected chi connectivity index (χ3v) is 4.75. The number of nitrogens with one attached hydrogen (secondary N) is 1. The summed E-state index contributed by atoms with van der Waals surface area (Å²) in [7, 11) is 0. The van der Waals surface area contributed by atoms with Crippen LogP contribution in [0.5, 0.6) is 0 Å². The lowest BCUT2D eigenvalue weighted by Crippen LogP contribution is -2.39. The number of carbonyl (C=O) groups is 1. The number of carbonyl (C=O) groups excluding carboxylic acids is 1. The van der Waals surface area contributed by atoms with Crippen LogP contribution >= 0.6 is 0 Å². The van der Waals surface area contributed by atoms with Gasteiger partial charge in [-0.05, 0) is 63.1 Å². The molecule has 1 saturated heterocycles. The van der Waals surface area contributed by atoms with Crippen LogP contribution in [0.3, 0.4) is 0 Å². The predicted molar refractivity (Wildman–Crippen MR) is 95.4 cm³/mol. The standard InChI is InChI=1S/C19H26N4O/c1-16-6-2-3-13-22(16)14-4-11-20-19(24)17-7-9-18(10-8-17)23-15-5-12-21-23/h5,7-10,12,15-16H,2-4,6,11,13-14H2,1H3,(H,20,24)/t16-/m0/s1. The summed E-state index contributed by atoms with van der Waals surface area (Å²) in [6.45, 7) is 5.30. The van der Waals surface area contributed by atoms with Gasteiger partial charge in [-0.3, -0.25) is 4.79 Å². The summed E-state index contributed by atoms with van der Waals surface area (Å²) in [6, 6.07) is 10.1. The molecule has 3 rings (SSSR count). The molecule has 128 valence electrons. The zero-order chi connectivity index (χ0) is 16.8. The average Bonchev–Trinajstić information content (AvgIpc) is 3.15. The Balaban J connectivity index is 1.43. The SMILES string of the molecule is C[C@H]1CCCCN1CCCNC(=O)c1ccc(-n2cccn2)cc1. The van der Waals surface area contributed by atoms with E-state index in [0.717, 1.165) is 25.2 Å². The van der Waals surface area contributed by atoms with Crippen molar-refractivity contribution in [1.29, 1.82) is 0 Å². The second-order valence-corrected chi connectivity index (χ2v) is 6.49. The number of amides is 1. The van der Waals surface area contributed by atoms with Crippen molar-refractivity contribution in [3.05, 3.63) is 48.3 Å². The van der Waals surface area contributed by atoms with Crippen LogP contribution in [0.15, 0.2) is 42.7 Å². The Bertz CT molecular complexity index is 636. The van der Waals surface area contributed by atoms with Gasteiger partial charge in [0, 0.05) is 37.1 Å². The lowest BCUT2D eigenvalue weighted by atomic mass is 10.0. The van der Waals surface area contributed by atoms with Crippen LogP contribution in [0.2, 0.25) is 0 Å². The first kappa shape index (κ1) is 16.7. The first-order valence-electron chi connectivity index (χ1n) is 8.86. The Morgan fingerprint density at radius 2 is 2.12 bits per heavy atom. The highest BCUT2D eigenvalue weighted by molar-refractivity contribution is 5.94. The van der Waals surface area contributed by atoms with E-state index in [4.69, 9.17) is 0 Å². The van der Waals surface area contributed by atoms with E-state index in [1.54, 1.807) is 10.9 Å². The molecule has 0 saturated carbocycles. The zero-order valence-electron chi connectivity index (χ0n) is 14.3. The van der Waals surface area contributed by atoms with E-state index in [-0.39, 0.29) is 5.91 Å². The van der Waals surface area contributed by atoms with Crippen molar-refractivity contribution in [3.8, 4) is 5.69 Å². The molecule has 0 radical (unpaired) electrons. The van der Waals surface area contributed by atoms with Crippen LogP contribution in [0, 0.1) is 0 Å². The molecule has 5 nitrogen and oxygen atoms in total. The predicted octanol–water partition coefficient (Wildman–Crippen LogP) is 2.87. The molecule has 1 fully saturated rings. The molecule has 1 atom stereocenters. The van der Waals surface area contributed by atoms with Crippen molar-refractivity contribution in [2.45, 2.75) is 38.6 Å². The highest BCUT2D eigenvalue weighted by Gasteiger charge is 2.17. The second kappa shape index (κ2) is 8.11. The summed E-state index contributed by atoms with van der Waals surface area (Å²) in [5, 5.41) is 7.20. The lowest BCUT2D eigenvalue weighted by Gasteiger charge is -2.33. The van der Waals surface area contributed by atoms with Gasteiger partial charge in [0.1, 0.15) is 0 Å². The molecule has 1 aliphatic heterocycles. The van der Waals surface area contributed by atoms with E-state index in [0.29, 0.717) is 11.6 Å². The van der Waals surface area contributed by atoms with Crippen molar-refractivity contribution in [2.24, 2.45) is 0 Å². The third-order valence-electron chi connectivity index (χ3n) is 4.75. The molecule has 1 aromatic carbocycles. The van der Waals surface area contributed by atoms with Crippen molar-refractivity contribution in [3.63, 3.8) is 0 Å². The van der Waals surface area contributed by atoms with Crippen molar-refractivity contribution in [1.82, 2.24) is 20.0 Å². The minimum Gasteiger partial charge on any atom is -0.352 e. The Morgan fingerprint density at radius 1 is 1.29 bits per heavy atom. The second-order valence-electron chi connectivity index (χ2n) is 6.49. The molecule has 1 amide bonds. The summed E-state index contributed by atoms with van der Waals surface area (Å²) in [5.41, 5.74) is 1.65. The molecule has 0 unspecified atom stereocenters. The fourth-order valence-electron chi connectivity index (χ4n) is 3.26. The van der Waals surface area contributed by atoms with E-state index in [2.05, 4.69) is 22.2 Å². The van der Waals surface area contributed by atoms with Crippen molar-refractivity contribution >= 4 is 5.91 Å². The van der Waals surface area contributed by atoms with Crippen LogP contribution < -0.4 is 5.32 Å². The van der Waals surface area contributed by atoms with Gasteiger partial charge in [0.05, 0.1) is 5.69 Å². The van der Waals surface area contributed by atoms with Crippen molar-refractivity contribution < 1.29 is 4.79 Å². The minimum atomic E-state index is -0.00583. The van der Waals surface area contributed by atoms with Gasteiger partial charge in [0.25, 0.3) is 5.91 Å². The number of likely N-dealkylation sites (tertiary alicyclic amines) is 1. The number of piperidine rings is 1. The summed E-state index contributed by atoms with van der Waals surface area (Å²) in [4.78, 5) is 14.7. The van der Waals surface area contributed by atoms with Crippen LogP contribution in [-0.2, 0) is 0 Å². The van der Waals surface area contributed by atoms with E-state index in [9.17, 15) is 4.79 Å². The Labute approximate surface area is 143 Å². The third kappa shape index (κ3) is 4.23. The number of nitrogens with zero attached hydrogens (tertiary/aromatic N) is 3. The van der Waals surface area contributed by atoms with Crippen LogP contribution in [0.1, 0.15) is 43.0 Å². The first-order chi connectivity index (χ1) is 11.7. The Kier molecular flexibility index (Phi) is 5.64. The highest BCUT2D eigenvalue weighted by Crippen LogP contribution is 2.16. The molecule has 0 spiro atoms. The molecule has 1 N–H and O–H groups in total. The summed E-state index contributed by atoms with van der Waals surface area (Å²) in [6.07, 6.45) is 8.58. The highest BCUT2D eigenvalue weighted by atomic mass is 16.1. The van der Waals surface area contributed by atoms with Crippen molar-refractivity contribution in [2.75, 3.05) is 19.6 Å². The molecule has 5 heteroatoms. The topological polar surface area (TPSA) is 50.2 Å². The summed E-state index contributed by atoms with van der Waals surface area (Å²) in [5.74, 6) is -0.00583. The maximum Gasteiger partial charge on any atom is 0.251 e. The van der Waals surface area contributed by atoms with Crippen LogP contribution in [-0.4, -0.2) is 46.3 Å². The fourth-order valence-corrected chi connectivity index (χ4v) is 3.26. The van der Waals surface area contributed by atoms with Gasteiger partial charge in [0.15, 0.2) is 0 Å². The largest absolute Gasteiger partial charge is 0.352 e. The van der Waals surface area contributed by atoms with E-state index >= 15 is 0 Å². The van der Waals surface area contributed by atoms with Gasteiger partial charge in [-0.1, -0.05) is 6.42 Å². The molecular weight excluding hydrogens is 300 g/mol. The van der Waals surface area contributed by atoms with Gasteiger partial charge < -0.3 is 10.2 Å². The summed E-state index contributed by atoms with van der Waals surface area (Å²) >= 11 is 0. The maximum atomic E-state index is 12.2. The van der Waals surface area contributed by atoms with Crippen LogP contribution in [0.25, 0.3) is 5.69 Å². The maximum absolute atomic E-state index is 12.2. The zero-order valence-corrected chi connectivity index (χ0v) is 14.3. The van der Waals surface area contributed by atoms with Gasteiger partial charge in [-0.2, -0.15) is 5.10 Å². The summed E-state index contributed by atoms with van der Waals surface area (Å²) < 4.78 is 1.78. The molecule has 0 bridgehead atoms. The Hall–Kier alpha value is -2.14. The number of rotatable bonds is 6. The van der Waals surface area contributed by atoms with Gasteiger partial charge in [-0.25, -0.2) is 4.68 Å². The molecule has 24 heavy (non-hydrogen) atoms. The average molecular weight is 326 g/mol. The molecule has 2 aromatic rings. The number of benzene rings is 1. The van der Waals surface area contributed by atoms with E-state index in [1.807, 2.05) is 36.5 Å². The first-order valence-corrected chi connectivity index (χ1v) is 8.86. The smallest absolute Gasteiger partial charge is 0.251 e.